The van der Waals surface area contributed by atoms with Gasteiger partial charge in [0.25, 0.3) is 5.91 Å². The van der Waals surface area contributed by atoms with Crippen LogP contribution in [0.4, 0.5) is 0 Å². The molecule has 1 aliphatic heterocycles. The molecule has 5 nitrogen and oxygen atoms in total. The summed E-state index contributed by atoms with van der Waals surface area (Å²) >= 11 is 0. The molecule has 0 saturated carbocycles. The van der Waals surface area contributed by atoms with Crippen molar-refractivity contribution in [1.82, 2.24) is 15.2 Å². The zero-order valence-electron chi connectivity index (χ0n) is 14.8. The first kappa shape index (κ1) is 17.6. The fourth-order valence-electron chi connectivity index (χ4n) is 3.22. The molecule has 1 aliphatic rings. The number of hydrogen-bond donors (Lipinski definition) is 1. The van der Waals surface area contributed by atoms with Crippen molar-refractivity contribution in [3.05, 3.63) is 65.5 Å². The topological polar surface area (TPSA) is 54.5 Å². The molecule has 2 atom stereocenters. The number of hydrogen-bond acceptors (Lipinski definition) is 4. The van der Waals surface area contributed by atoms with Crippen LogP contribution in [0.2, 0.25) is 0 Å². The molecule has 1 amide bonds. The predicted molar refractivity (Wildman–Crippen MR) is 97.1 cm³/mol. The van der Waals surface area contributed by atoms with Gasteiger partial charge in [-0.2, -0.15) is 0 Å². The van der Waals surface area contributed by atoms with E-state index in [2.05, 4.69) is 53.3 Å². The van der Waals surface area contributed by atoms with E-state index in [0.29, 0.717) is 12.1 Å². The molecule has 5 heteroatoms. The monoisotopic (exact) mass is 339 g/mol. The highest BCUT2D eigenvalue weighted by atomic mass is 16.5. The van der Waals surface area contributed by atoms with Crippen LogP contribution in [0.15, 0.2) is 48.8 Å². The highest BCUT2D eigenvalue weighted by molar-refractivity contribution is 5.93. The van der Waals surface area contributed by atoms with Gasteiger partial charge in [-0.1, -0.05) is 24.3 Å². The number of nitrogens with one attached hydrogen (secondary N) is 1. The smallest absolute Gasteiger partial charge is 0.253 e. The molecular weight excluding hydrogens is 314 g/mol. The molecule has 2 heterocycles. The first-order valence-corrected chi connectivity index (χ1v) is 8.74. The lowest BCUT2D eigenvalue weighted by atomic mass is 10.1. The minimum Gasteiger partial charge on any atom is -0.373 e. The quantitative estimate of drug-likeness (QED) is 0.910. The van der Waals surface area contributed by atoms with Gasteiger partial charge in [0, 0.05) is 38.6 Å². The summed E-state index contributed by atoms with van der Waals surface area (Å²) in [5, 5.41) is 2.92. The van der Waals surface area contributed by atoms with Gasteiger partial charge in [0.05, 0.1) is 17.8 Å². The molecule has 0 spiro atoms. The SMILES string of the molecule is C[C@@H]1CN(Cc2ccc(CNC(=O)c3cccnc3)cc2)C[C@@H](C)O1. The summed E-state index contributed by atoms with van der Waals surface area (Å²) in [4.78, 5) is 18.4. The average Bonchev–Trinajstić information content (AvgIpc) is 2.61. The summed E-state index contributed by atoms with van der Waals surface area (Å²) < 4.78 is 5.78. The predicted octanol–water partition coefficient (Wildman–Crippen LogP) is 2.62. The molecule has 0 bridgehead atoms. The summed E-state index contributed by atoms with van der Waals surface area (Å²) in [6.07, 6.45) is 3.80. The zero-order chi connectivity index (χ0) is 17.6. The van der Waals surface area contributed by atoms with Gasteiger partial charge >= 0.3 is 0 Å². The molecule has 0 unspecified atom stereocenters. The standard InChI is InChI=1S/C20H25N3O2/c1-15-12-23(13-16(2)25-15)14-18-7-5-17(6-8-18)10-22-20(24)19-4-3-9-21-11-19/h3-9,11,15-16H,10,12-14H2,1-2H3,(H,22,24)/t15-,16-/m1/s1. The van der Waals surface area contributed by atoms with Crippen LogP contribution >= 0.6 is 0 Å². The Kier molecular flexibility index (Phi) is 5.79. The average molecular weight is 339 g/mol. The van der Waals surface area contributed by atoms with Crippen LogP contribution in [0.3, 0.4) is 0 Å². The van der Waals surface area contributed by atoms with E-state index in [1.807, 2.05) is 0 Å². The van der Waals surface area contributed by atoms with E-state index in [0.717, 1.165) is 25.2 Å². The summed E-state index contributed by atoms with van der Waals surface area (Å²) in [7, 11) is 0. The van der Waals surface area contributed by atoms with Crippen LogP contribution in [0.1, 0.15) is 35.3 Å². The Labute approximate surface area is 149 Å². The fraction of sp³-hybridized carbons (Fsp3) is 0.400. The number of carbonyl (C=O) groups excluding carboxylic acids is 1. The molecule has 1 aromatic heterocycles. The van der Waals surface area contributed by atoms with Crippen molar-refractivity contribution in [2.45, 2.75) is 39.1 Å². The number of nitrogens with zero attached hydrogens (tertiary/aromatic N) is 2. The molecule has 1 aromatic carbocycles. The Bertz CT molecular complexity index is 678. The van der Waals surface area contributed by atoms with Gasteiger partial charge in [0.2, 0.25) is 0 Å². The number of ether oxygens (including phenoxy) is 1. The van der Waals surface area contributed by atoms with E-state index in [-0.39, 0.29) is 18.1 Å². The molecule has 0 radical (unpaired) electrons. The number of rotatable bonds is 5. The van der Waals surface area contributed by atoms with Crippen molar-refractivity contribution in [1.29, 1.82) is 0 Å². The third kappa shape index (κ3) is 5.11. The Hall–Kier alpha value is -2.24. The first-order valence-electron chi connectivity index (χ1n) is 8.74. The van der Waals surface area contributed by atoms with Gasteiger partial charge in [-0.15, -0.1) is 0 Å². The molecule has 0 aliphatic carbocycles. The fourth-order valence-corrected chi connectivity index (χ4v) is 3.22. The van der Waals surface area contributed by atoms with Gasteiger partial charge in [0.15, 0.2) is 0 Å². The highest BCUT2D eigenvalue weighted by Crippen LogP contribution is 2.14. The van der Waals surface area contributed by atoms with Gasteiger partial charge in [0.1, 0.15) is 0 Å². The van der Waals surface area contributed by atoms with E-state index in [1.165, 1.54) is 5.56 Å². The molecule has 132 valence electrons. The van der Waals surface area contributed by atoms with Crippen LogP contribution in [0, 0.1) is 0 Å². The third-order valence-corrected chi connectivity index (χ3v) is 4.30. The summed E-state index contributed by atoms with van der Waals surface area (Å²) in [6, 6.07) is 11.9. The van der Waals surface area contributed by atoms with Gasteiger partial charge in [-0.3, -0.25) is 14.7 Å². The van der Waals surface area contributed by atoms with Crippen molar-refractivity contribution >= 4 is 5.91 Å². The third-order valence-electron chi connectivity index (χ3n) is 4.30. The van der Waals surface area contributed by atoms with E-state index in [9.17, 15) is 4.79 Å². The van der Waals surface area contributed by atoms with Crippen LogP contribution < -0.4 is 5.32 Å². The highest BCUT2D eigenvalue weighted by Gasteiger charge is 2.21. The Morgan fingerprint density at radius 3 is 2.48 bits per heavy atom. The Balaban J connectivity index is 1.51. The molecule has 2 aromatic rings. The summed E-state index contributed by atoms with van der Waals surface area (Å²) in [5.41, 5.74) is 2.95. The maximum absolute atomic E-state index is 12.0. The summed E-state index contributed by atoms with van der Waals surface area (Å²) in [6.45, 7) is 7.62. The van der Waals surface area contributed by atoms with Crippen molar-refractivity contribution in [2.24, 2.45) is 0 Å². The van der Waals surface area contributed by atoms with Gasteiger partial charge < -0.3 is 10.1 Å². The molecule has 25 heavy (non-hydrogen) atoms. The van der Waals surface area contributed by atoms with E-state index < -0.39 is 0 Å². The number of aromatic nitrogens is 1. The second kappa shape index (κ2) is 8.23. The number of carbonyl (C=O) groups is 1. The minimum atomic E-state index is -0.103. The van der Waals surface area contributed by atoms with Crippen LogP contribution in [-0.4, -0.2) is 41.1 Å². The molecular formula is C20H25N3O2. The first-order chi connectivity index (χ1) is 12.1. The van der Waals surface area contributed by atoms with Crippen molar-refractivity contribution in [3.8, 4) is 0 Å². The Morgan fingerprint density at radius 2 is 1.84 bits per heavy atom. The lowest BCUT2D eigenvalue weighted by Gasteiger charge is -2.35. The van der Waals surface area contributed by atoms with Gasteiger partial charge in [-0.25, -0.2) is 0 Å². The minimum absolute atomic E-state index is 0.103. The van der Waals surface area contributed by atoms with Crippen LogP contribution in [0.25, 0.3) is 0 Å². The maximum Gasteiger partial charge on any atom is 0.253 e. The molecule has 1 saturated heterocycles. The van der Waals surface area contributed by atoms with Crippen molar-refractivity contribution in [3.63, 3.8) is 0 Å². The number of amides is 1. The van der Waals surface area contributed by atoms with Crippen molar-refractivity contribution < 1.29 is 9.53 Å². The molecule has 1 N–H and O–H groups in total. The second-order valence-electron chi connectivity index (χ2n) is 6.69. The Morgan fingerprint density at radius 1 is 1.16 bits per heavy atom. The van der Waals surface area contributed by atoms with E-state index in [4.69, 9.17) is 4.74 Å². The largest absolute Gasteiger partial charge is 0.373 e. The lowest BCUT2D eigenvalue weighted by molar-refractivity contribution is -0.0704. The van der Waals surface area contributed by atoms with E-state index in [1.54, 1.807) is 24.5 Å². The molecule has 3 rings (SSSR count). The normalized spacial score (nSPS) is 21.0. The summed E-state index contributed by atoms with van der Waals surface area (Å²) in [5.74, 6) is -0.103. The van der Waals surface area contributed by atoms with Crippen molar-refractivity contribution in [2.75, 3.05) is 13.1 Å². The number of pyridine rings is 1. The lowest BCUT2D eigenvalue weighted by Crippen LogP contribution is -2.44. The van der Waals surface area contributed by atoms with Gasteiger partial charge in [-0.05, 0) is 37.1 Å². The second-order valence-corrected chi connectivity index (χ2v) is 6.69. The zero-order valence-corrected chi connectivity index (χ0v) is 14.8. The van der Waals surface area contributed by atoms with Crippen LogP contribution in [0.5, 0.6) is 0 Å². The number of benzene rings is 1. The maximum atomic E-state index is 12.0. The molecule has 1 fully saturated rings. The number of morpholine rings is 1. The van der Waals surface area contributed by atoms with E-state index >= 15 is 0 Å². The van der Waals surface area contributed by atoms with Crippen LogP contribution in [-0.2, 0) is 17.8 Å².